The number of alkyl halides is 3. The van der Waals surface area contributed by atoms with E-state index in [2.05, 4.69) is 10.3 Å². The second-order valence-corrected chi connectivity index (χ2v) is 6.74. The highest BCUT2D eigenvalue weighted by Gasteiger charge is 2.45. The van der Waals surface area contributed by atoms with Gasteiger partial charge < -0.3 is 11.1 Å². The van der Waals surface area contributed by atoms with Gasteiger partial charge in [0.1, 0.15) is 0 Å². The second-order valence-electron chi connectivity index (χ2n) is 6.74. The summed E-state index contributed by atoms with van der Waals surface area (Å²) in [7, 11) is 0. The number of benzene rings is 1. The summed E-state index contributed by atoms with van der Waals surface area (Å²) in [6.45, 7) is 1.28. The van der Waals surface area contributed by atoms with Crippen molar-refractivity contribution in [1.29, 1.82) is 0 Å². The normalized spacial score (nSPS) is 20.9. The molecule has 0 unspecified atom stereocenters. The number of nitrogens with one attached hydrogen (secondary N) is 1. The number of rotatable bonds is 5. The Balaban J connectivity index is 1.63. The second kappa shape index (κ2) is 6.06. The van der Waals surface area contributed by atoms with Crippen LogP contribution in [0.1, 0.15) is 43.2 Å². The topological polar surface area (TPSA) is 50.4 Å². The van der Waals surface area contributed by atoms with Gasteiger partial charge in [0.2, 0.25) is 0 Å². The van der Waals surface area contributed by atoms with Crippen molar-refractivity contribution in [2.24, 2.45) is 16.6 Å². The fourth-order valence-electron chi connectivity index (χ4n) is 2.95. The number of nitrogens with two attached hydrogens (primary N) is 1. The van der Waals surface area contributed by atoms with Gasteiger partial charge in [0.05, 0.1) is 12.1 Å². The van der Waals surface area contributed by atoms with E-state index in [1.807, 2.05) is 0 Å². The molecule has 0 heterocycles. The Morgan fingerprint density at radius 2 is 2.04 bits per heavy atom. The fraction of sp³-hybridized carbons (Fsp3) is 0.588. The predicted octanol–water partition coefficient (Wildman–Crippen LogP) is 3.44. The molecule has 0 amide bonds. The van der Waals surface area contributed by atoms with E-state index in [1.165, 1.54) is 31.4 Å². The van der Waals surface area contributed by atoms with Gasteiger partial charge >= 0.3 is 6.18 Å². The Bertz CT molecular complexity index is 587. The molecule has 2 fully saturated rings. The van der Waals surface area contributed by atoms with Crippen LogP contribution in [0.3, 0.4) is 0 Å². The van der Waals surface area contributed by atoms with Crippen molar-refractivity contribution in [3.05, 3.63) is 35.4 Å². The van der Waals surface area contributed by atoms with Crippen LogP contribution in [0.25, 0.3) is 0 Å². The minimum absolute atomic E-state index is 0.274. The average Bonchev–Trinajstić information content (AvgIpc) is 3.24. The van der Waals surface area contributed by atoms with Crippen LogP contribution in [-0.4, -0.2) is 19.0 Å². The van der Waals surface area contributed by atoms with Gasteiger partial charge in [0, 0.05) is 12.0 Å². The van der Waals surface area contributed by atoms with E-state index < -0.39 is 11.7 Å². The van der Waals surface area contributed by atoms with Gasteiger partial charge in [0.15, 0.2) is 5.96 Å². The maximum Gasteiger partial charge on any atom is 0.416 e. The van der Waals surface area contributed by atoms with Crippen LogP contribution in [0.5, 0.6) is 0 Å². The fourth-order valence-corrected chi connectivity index (χ4v) is 2.95. The molecule has 0 saturated heterocycles. The zero-order valence-electron chi connectivity index (χ0n) is 13.0. The van der Waals surface area contributed by atoms with Gasteiger partial charge in [-0.1, -0.05) is 24.6 Å². The molecule has 1 aromatic rings. The van der Waals surface area contributed by atoms with E-state index >= 15 is 0 Å². The molecule has 2 aliphatic carbocycles. The first-order valence-electron chi connectivity index (χ1n) is 8.11. The lowest BCUT2D eigenvalue weighted by Gasteiger charge is -2.25. The molecule has 0 aromatic heterocycles. The van der Waals surface area contributed by atoms with Crippen LogP contribution < -0.4 is 11.1 Å². The summed E-state index contributed by atoms with van der Waals surface area (Å²) in [5.74, 6) is 1.08. The highest BCUT2D eigenvalue weighted by Crippen LogP contribution is 2.49. The van der Waals surface area contributed by atoms with Crippen molar-refractivity contribution >= 4 is 5.96 Å². The molecular weight excluding hydrogens is 303 g/mol. The molecule has 126 valence electrons. The Kier molecular flexibility index (Phi) is 4.25. The van der Waals surface area contributed by atoms with Gasteiger partial charge in [-0.15, -0.1) is 0 Å². The average molecular weight is 325 g/mol. The summed E-state index contributed by atoms with van der Waals surface area (Å²) in [6.07, 6.45) is 1.14. The third kappa shape index (κ3) is 3.79. The van der Waals surface area contributed by atoms with E-state index in [0.717, 1.165) is 25.5 Å². The zero-order chi connectivity index (χ0) is 16.5. The Hall–Kier alpha value is -1.72. The number of guanidine groups is 1. The van der Waals surface area contributed by atoms with Crippen LogP contribution in [0.4, 0.5) is 13.2 Å². The minimum Gasteiger partial charge on any atom is -0.370 e. The molecule has 0 spiro atoms. The quantitative estimate of drug-likeness (QED) is 0.643. The number of aliphatic imine (C=N–C) groups is 1. The smallest absolute Gasteiger partial charge is 0.370 e. The van der Waals surface area contributed by atoms with Crippen molar-refractivity contribution in [1.82, 2.24) is 5.32 Å². The van der Waals surface area contributed by atoms with Crippen LogP contribution in [-0.2, 0) is 11.6 Å². The van der Waals surface area contributed by atoms with Gasteiger partial charge in [-0.2, -0.15) is 13.2 Å². The van der Waals surface area contributed by atoms with Crippen LogP contribution in [0, 0.1) is 5.92 Å². The standard InChI is InChI=1S/C17H22F3N3/c18-17(19,20)14-6-2-5-13(9-14)16(7-8-16)11-23-15(21)22-10-12-3-1-4-12/h2,5-6,9,12H,1,3-4,7-8,10-11H2,(H3,21,22,23). The molecule has 0 bridgehead atoms. The number of hydrogen-bond acceptors (Lipinski definition) is 1. The third-order valence-corrected chi connectivity index (χ3v) is 5.00. The number of halogens is 3. The number of nitrogens with zero attached hydrogens (tertiary/aromatic N) is 1. The molecule has 0 atom stereocenters. The molecule has 3 N–H and O–H groups in total. The first kappa shape index (κ1) is 16.1. The summed E-state index contributed by atoms with van der Waals surface area (Å²) >= 11 is 0. The summed E-state index contributed by atoms with van der Waals surface area (Å²) in [4.78, 5) is 4.36. The Labute approximate surface area is 134 Å². The molecule has 23 heavy (non-hydrogen) atoms. The van der Waals surface area contributed by atoms with Crippen molar-refractivity contribution in [2.75, 3.05) is 13.1 Å². The summed E-state index contributed by atoms with van der Waals surface area (Å²) < 4.78 is 38.5. The minimum atomic E-state index is -4.31. The Morgan fingerprint density at radius 3 is 2.61 bits per heavy atom. The summed E-state index contributed by atoms with van der Waals surface area (Å²) in [6, 6.07) is 5.59. The monoisotopic (exact) mass is 325 g/mol. The summed E-state index contributed by atoms with van der Waals surface area (Å²) in [5, 5.41) is 3.12. The van der Waals surface area contributed by atoms with E-state index in [4.69, 9.17) is 5.73 Å². The van der Waals surface area contributed by atoms with Crippen LogP contribution >= 0.6 is 0 Å². The molecule has 0 radical (unpaired) electrons. The molecule has 6 heteroatoms. The SMILES string of the molecule is NC(=NCC1(c2cccc(C(F)(F)F)c2)CC1)NCC1CCC1. The lowest BCUT2D eigenvalue weighted by molar-refractivity contribution is -0.137. The first-order valence-corrected chi connectivity index (χ1v) is 8.11. The maximum atomic E-state index is 12.8. The highest BCUT2D eigenvalue weighted by atomic mass is 19.4. The summed E-state index contributed by atoms with van der Waals surface area (Å²) in [5.41, 5.74) is 5.71. The van der Waals surface area contributed by atoms with Gasteiger partial charge in [-0.25, -0.2) is 0 Å². The van der Waals surface area contributed by atoms with Gasteiger partial charge in [-0.3, -0.25) is 4.99 Å². The van der Waals surface area contributed by atoms with Crippen molar-refractivity contribution < 1.29 is 13.2 Å². The van der Waals surface area contributed by atoms with Crippen molar-refractivity contribution in [3.8, 4) is 0 Å². The molecule has 1 aromatic carbocycles. The lowest BCUT2D eigenvalue weighted by atomic mass is 9.85. The molecule has 2 saturated carbocycles. The molecule has 0 aliphatic heterocycles. The lowest BCUT2D eigenvalue weighted by Crippen LogP contribution is -2.37. The van der Waals surface area contributed by atoms with E-state index in [0.29, 0.717) is 24.0 Å². The third-order valence-electron chi connectivity index (χ3n) is 5.00. The van der Waals surface area contributed by atoms with E-state index in [1.54, 1.807) is 6.07 Å². The molecule has 3 nitrogen and oxygen atoms in total. The maximum absolute atomic E-state index is 12.8. The van der Waals surface area contributed by atoms with Gasteiger partial charge in [0.25, 0.3) is 0 Å². The predicted molar refractivity (Wildman–Crippen MR) is 84.2 cm³/mol. The first-order chi connectivity index (χ1) is 10.9. The van der Waals surface area contributed by atoms with Crippen molar-refractivity contribution in [2.45, 2.75) is 43.7 Å². The van der Waals surface area contributed by atoms with Crippen LogP contribution in [0.2, 0.25) is 0 Å². The number of hydrogen-bond donors (Lipinski definition) is 2. The zero-order valence-corrected chi connectivity index (χ0v) is 13.0. The molecule has 3 rings (SSSR count). The van der Waals surface area contributed by atoms with Gasteiger partial charge in [-0.05, 0) is 43.2 Å². The molecule has 2 aliphatic rings. The van der Waals surface area contributed by atoms with E-state index in [9.17, 15) is 13.2 Å². The highest BCUT2D eigenvalue weighted by molar-refractivity contribution is 5.77. The van der Waals surface area contributed by atoms with Crippen molar-refractivity contribution in [3.63, 3.8) is 0 Å². The van der Waals surface area contributed by atoms with Crippen LogP contribution in [0.15, 0.2) is 29.3 Å². The largest absolute Gasteiger partial charge is 0.416 e. The Morgan fingerprint density at radius 1 is 1.30 bits per heavy atom. The molecular formula is C17H22F3N3. The van der Waals surface area contributed by atoms with E-state index in [-0.39, 0.29) is 5.41 Å².